The molecule has 0 aliphatic rings. The molecule has 0 aliphatic carbocycles. The number of imidazole rings is 1. The molecule has 0 fully saturated rings. The van der Waals surface area contributed by atoms with Gasteiger partial charge in [-0.25, -0.2) is 9.37 Å². The van der Waals surface area contributed by atoms with E-state index in [1.54, 1.807) is 25.4 Å². The molecule has 0 atom stereocenters. The zero-order chi connectivity index (χ0) is 12.8. The second-order valence-corrected chi connectivity index (χ2v) is 3.89. The third kappa shape index (κ3) is 3.07. The van der Waals surface area contributed by atoms with Crippen LogP contribution in [0.4, 0.5) is 10.3 Å². The van der Waals surface area contributed by atoms with Crippen molar-refractivity contribution in [3.05, 3.63) is 48.0 Å². The molecule has 18 heavy (non-hydrogen) atoms. The molecule has 0 amide bonds. The average molecular weight is 249 g/mol. The van der Waals surface area contributed by atoms with Gasteiger partial charge >= 0.3 is 0 Å². The zero-order valence-electron chi connectivity index (χ0n) is 10.3. The lowest BCUT2D eigenvalue weighted by Crippen LogP contribution is -2.13. The average Bonchev–Trinajstić information content (AvgIpc) is 2.80. The molecule has 0 aliphatic heterocycles. The van der Waals surface area contributed by atoms with Crippen LogP contribution in [-0.4, -0.2) is 29.8 Å². The van der Waals surface area contributed by atoms with Crippen LogP contribution in [0.5, 0.6) is 0 Å². The lowest BCUT2D eigenvalue weighted by molar-refractivity contribution is 0.210. The van der Waals surface area contributed by atoms with Crippen molar-refractivity contribution in [2.24, 2.45) is 0 Å². The van der Waals surface area contributed by atoms with Crippen LogP contribution in [-0.2, 0) is 11.3 Å². The van der Waals surface area contributed by atoms with Crippen molar-refractivity contribution in [1.82, 2.24) is 9.55 Å². The van der Waals surface area contributed by atoms with Crippen molar-refractivity contribution >= 4 is 5.95 Å². The molecule has 5 heteroatoms. The Morgan fingerprint density at radius 2 is 2.22 bits per heavy atom. The van der Waals surface area contributed by atoms with Gasteiger partial charge in [0.2, 0.25) is 5.95 Å². The Bertz CT molecular complexity index is 498. The van der Waals surface area contributed by atoms with E-state index in [4.69, 9.17) is 4.74 Å². The standard InChI is InChI=1S/C13H16FN3O/c1-18-9-7-16-13-15-6-8-17(13)10-11-4-2-3-5-12(11)14/h2-6,8H,7,9-10H2,1H3,(H,15,16). The molecule has 4 nitrogen and oxygen atoms in total. The first kappa shape index (κ1) is 12.6. The Labute approximate surface area is 105 Å². The Morgan fingerprint density at radius 3 is 3.00 bits per heavy atom. The second kappa shape index (κ2) is 6.16. The summed E-state index contributed by atoms with van der Waals surface area (Å²) in [4.78, 5) is 4.19. The van der Waals surface area contributed by atoms with E-state index in [9.17, 15) is 4.39 Å². The monoisotopic (exact) mass is 249 g/mol. The summed E-state index contributed by atoms with van der Waals surface area (Å²) in [6, 6.07) is 6.75. The van der Waals surface area contributed by atoms with Crippen molar-refractivity contribution in [3.8, 4) is 0 Å². The Morgan fingerprint density at radius 1 is 1.39 bits per heavy atom. The minimum atomic E-state index is -0.200. The van der Waals surface area contributed by atoms with Crippen LogP contribution in [0, 0.1) is 5.82 Å². The molecule has 96 valence electrons. The maximum atomic E-state index is 13.5. The van der Waals surface area contributed by atoms with Crippen molar-refractivity contribution in [2.45, 2.75) is 6.54 Å². The molecule has 0 saturated heterocycles. The predicted octanol–water partition coefficient (Wildman–Crippen LogP) is 2.13. The van der Waals surface area contributed by atoms with Gasteiger partial charge < -0.3 is 14.6 Å². The second-order valence-electron chi connectivity index (χ2n) is 3.89. The molecule has 0 saturated carbocycles. The highest BCUT2D eigenvalue weighted by molar-refractivity contribution is 5.28. The predicted molar refractivity (Wildman–Crippen MR) is 68.1 cm³/mol. The summed E-state index contributed by atoms with van der Waals surface area (Å²) in [6.45, 7) is 1.74. The largest absolute Gasteiger partial charge is 0.383 e. The molecule has 1 aromatic heterocycles. The number of hydrogen-bond donors (Lipinski definition) is 1. The fourth-order valence-corrected chi connectivity index (χ4v) is 1.68. The van der Waals surface area contributed by atoms with Gasteiger partial charge in [-0.3, -0.25) is 0 Å². The van der Waals surface area contributed by atoms with Crippen LogP contribution in [0.3, 0.4) is 0 Å². The fraction of sp³-hybridized carbons (Fsp3) is 0.308. The van der Waals surface area contributed by atoms with Crippen LogP contribution in [0.1, 0.15) is 5.56 Å². The highest BCUT2D eigenvalue weighted by Gasteiger charge is 2.05. The molecule has 1 heterocycles. The highest BCUT2D eigenvalue weighted by Crippen LogP contribution is 2.12. The van der Waals surface area contributed by atoms with Crippen LogP contribution < -0.4 is 5.32 Å². The topological polar surface area (TPSA) is 39.1 Å². The number of hydrogen-bond acceptors (Lipinski definition) is 3. The van der Waals surface area contributed by atoms with E-state index in [0.717, 1.165) is 5.95 Å². The summed E-state index contributed by atoms with van der Waals surface area (Å²) in [5, 5.41) is 3.14. The van der Waals surface area contributed by atoms with E-state index < -0.39 is 0 Å². The first-order chi connectivity index (χ1) is 8.81. The van der Waals surface area contributed by atoms with Gasteiger partial charge in [0.05, 0.1) is 13.2 Å². The van der Waals surface area contributed by atoms with Gasteiger partial charge in [0.25, 0.3) is 0 Å². The van der Waals surface area contributed by atoms with Crippen molar-refractivity contribution in [3.63, 3.8) is 0 Å². The van der Waals surface area contributed by atoms with Gasteiger partial charge in [-0.05, 0) is 6.07 Å². The van der Waals surface area contributed by atoms with E-state index in [1.165, 1.54) is 6.07 Å². The Hall–Kier alpha value is -1.88. The summed E-state index contributed by atoms with van der Waals surface area (Å²) in [6.07, 6.45) is 3.51. The number of nitrogens with one attached hydrogen (secondary N) is 1. The SMILES string of the molecule is COCCNc1nccn1Cc1ccccc1F. The first-order valence-electron chi connectivity index (χ1n) is 5.78. The van der Waals surface area contributed by atoms with Gasteiger partial charge in [0, 0.05) is 31.6 Å². The quantitative estimate of drug-likeness (QED) is 0.797. The molecular weight excluding hydrogens is 233 g/mol. The molecule has 1 N–H and O–H groups in total. The summed E-state index contributed by atoms with van der Waals surface area (Å²) in [5.41, 5.74) is 0.644. The molecule has 0 radical (unpaired) electrons. The molecule has 2 aromatic rings. The molecule has 0 unspecified atom stereocenters. The summed E-state index contributed by atoms with van der Waals surface area (Å²) < 4.78 is 20.4. The lowest BCUT2D eigenvalue weighted by atomic mass is 10.2. The van der Waals surface area contributed by atoms with Crippen molar-refractivity contribution in [1.29, 1.82) is 0 Å². The fourth-order valence-electron chi connectivity index (χ4n) is 1.68. The van der Waals surface area contributed by atoms with Gasteiger partial charge in [0.1, 0.15) is 5.82 Å². The lowest BCUT2D eigenvalue weighted by Gasteiger charge is -2.10. The van der Waals surface area contributed by atoms with E-state index in [2.05, 4.69) is 10.3 Å². The number of ether oxygens (including phenoxy) is 1. The highest BCUT2D eigenvalue weighted by atomic mass is 19.1. The summed E-state index contributed by atoms with van der Waals surface area (Å²) in [5.74, 6) is 0.518. The first-order valence-corrected chi connectivity index (χ1v) is 5.78. The number of rotatable bonds is 6. The number of anilines is 1. The number of benzene rings is 1. The molecular formula is C13H16FN3O. The number of methoxy groups -OCH3 is 1. The number of halogens is 1. The number of aromatic nitrogens is 2. The van der Waals surface area contributed by atoms with Crippen molar-refractivity contribution < 1.29 is 9.13 Å². The van der Waals surface area contributed by atoms with Crippen LogP contribution in [0.2, 0.25) is 0 Å². The third-order valence-electron chi connectivity index (χ3n) is 2.60. The van der Waals surface area contributed by atoms with E-state index >= 15 is 0 Å². The van der Waals surface area contributed by atoms with Gasteiger partial charge in [-0.2, -0.15) is 0 Å². The minimum absolute atomic E-state index is 0.200. The van der Waals surface area contributed by atoms with Crippen LogP contribution >= 0.6 is 0 Å². The molecule has 1 aromatic carbocycles. The van der Waals surface area contributed by atoms with Gasteiger partial charge in [-0.15, -0.1) is 0 Å². The zero-order valence-corrected chi connectivity index (χ0v) is 10.3. The molecule has 0 spiro atoms. The van der Waals surface area contributed by atoms with E-state index in [-0.39, 0.29) is 5.82 Å². The number of nitrogens with zero attached hydrogens (tertiary/aromatic N) is 2. The maximum Gasteiger partial charge on any atom is 0.203 e. The third-order valence-corrected chi connectivity index (χ3v) is 2.60. The smallest absolute Gasteiger partial charge is 0.203 e. The summed E-state index contributed by atoms with van der Waals surface area (Å²) >= 11 is 0. The normalized spacial score (nSPS) is 10.6. The van der Waals surface area contributed by atoms with E-state index in [0.29, 0.717) is 25.3 Å². The van der Waals surface area contributed by atoms with Gasteiger partial charge in [0.15, 0.2) is 0 Å². The minimum Gasteiger partial charge on any atom is -0.383 e. The van der Waals surface area contributed by atoms with Crippen LogP contribution in [0.25, 0.3) is 0 Å². The van der Waals surface area contributed by atoms with Crippen LogP contribution in [0.15, 0.2) is 36.7 Å². The Kier molecular flexibility index (Phi) is 4.30. The van der Waals surface area contributed by atoms with E-state index in [1.807, 2.05) is 16.8 Å². The Balaban J connectivity index is 2.05. The molecule has 2 rings (SSSR count). The van der Waals surface area contributed by atoms with Crippen molar-refractivity contribution in [2.75, 3.05) is 25.6 Å². The molecule has 0 bridgehead atoms. The van der Waals surface area contributed by atoms with Gasteiger partial charge in [-0.1, -0.05) is 18.2 Å². The summed E-state index contributed by atoms with van der Waals surface area (Å²) in [7, 11) is 1.65. The maximum absolute atomic E-state index is 13.5.